The van der Waals surface area contributed by atoms with Gasteiger partial charge in [-0.25, -0.2) is 8.78 Å². The Kier molecular flexibility index (Phi) is 6.03. The van der Waals surface area contributed by atoms with Crippen molar-refractivity contribution in [3.05, 3.63) is 82.4 Å². The second kappa shape index (κ2) is 8.68. The van der Waals surface area contributed by atoms with Crippen LogP contribution in [0.2, 0.25) is 0 Å². The molecule has 1 aliphatic rings. The fourth-order valence-electron chi connectivity index (χ4n) is 4.02. The van der Waals surface area contributed by atoms with Gasteiger partial charge in [-0.2, -0.15) is 13.2 Å². The summed E-state index contributed by atoms with van der Waals surface area (Å²) >= 11 is 0. The Morgan fingerprint density at radius 1 is 1.15 bits per heavy atom. The van der Waals surface area contributed by atoms with Crippen molar-refractivity contribution in [1.29, 1.82) is 0 Å². The zero-order chi connectivity index (χ0) is 24.7. The second-order valence-corrected chi connectivity index (χ2v) is 7.91. The maximum Gasteiger partial charge on any atom is 0.435 e. The predicted octanol–water partition coefficient (Wildman–Crippen LogP) is 4.73. The fraction of sp³-hybridized carbons (Fsp3) is 0.250. The lowest BCUT2D eigenvalue weighted by atomic mass is 9.84. The molecule has 0 saturated carbocycles. The molecule has 2 N–H and O–H groups in total. The van der Waals surface area contributed by atoms with Crippen LogP contribution in [0, 0.1) is 18.6 Å². The molecule has 1 amide bonds. The van der Waals surface area contributed by atoms with Crippen molar-refractivity contribution < 1.29 is 36.7 Å². The summed E-state index contributed by atoms with van der Waals surface area (Å²) in [4.78, 5) is 17.4. The van der Waals surface area contributed by atoms with Crippen molar-refractivity contribution in [1.82, 2.24) is 5.32 Å². The third-order valence-electron chi connectivity index (χ3n) is 5.74. The van der Waals surface area contributed by atoms with Crippen LogP contribution in [0.5, 0.6) is 0 Å². The largest absolute Gasteiger partial charge is 0.435 e. The highest BCUT2D eigenvalue weighted by molar-refractivity contribution is 6.16. The topological polar surface area (TPSA) is 70.9 Å². The molecule has 0 aliphatic carbocycles. The van der Waals surface area contributed by atoms with E-state index in [0.717, 1.165) is 13.0 Å². The summed E-state index contributed by atoms with van der Waals surface area (Å²) in [6, 6.07) is 10.9. The van der Waals surface area contributed by atoms with Crippen LogP contribution >= 0.6 is 0 Å². The van der Waals surface area contributed by atoms with Gasteiger partial charge >= 0.3 is 6.18 Å². The number of fused-ring (bicyclic) bond motifs is 1. The van der Waals surface area contributed by atoms with Gasteiger partial charge in [-0.3, -0.25) is 4.79 Å². The average molecular weight is 478 g/mol. The molecule has 34 heavy (non-hydrogen) atoms. The quantitative estimate of drug-likeness (QED) is 0.521. The average Bonchev–Trinajstić information content (AvgIpc) is 3.26. The van der Waals surface area contributed by atoms with E-state index in [1.807, 2.05) is 0 Å². The molecule has 4 rings (SSSR count). The number of alkyl halides is 3. The lowest BCUT2D eigenvalue weighted by molar-refractivity contribution is -0.276. The minimum absolute atomic E-state index is 0.0389. The fourth-order valence-corrected chi connectivity index (χ4v) is 4.02. The van der Waals surface area contributed by atoms with Gasteiger partial charge in [-0.15, -0.1) is 0 Å². The Labute approximate surface area is 190 Å². The summed E-state index contributed by atoms with van der Waals surface area (Å²) in [5.74, 6) is -3.11. The predicted molar refractivity (Wildman–Crippen MR) is 114 cm³/mol. The summed E-state index contributed by atoms with van der Waals surface area (Å²) < 4.78 is 70.6. The third-order valence-corrected chi connectivity index (χ3v) is 5.74. The summed E-state index contributed by atoms with van der Waals surface area (Å²) in [5, 5.41) is 16.1. The number of aliphatic hydroxyl groups is 1. The lowest BCUT2D eigenvalue weighted by Crippen LogP contribution is -2.43. The van der Waals surface area contributed by atoms with Crippen molar-refractivity contribution in [2.75, 3.05) is 13.2 Å². The van der Waals surface area contributed by atoms with Crippen molar-refractivity contribution in [3.8, 4) is 0 Å². The number of carbonyl (C=O) groups is 1. The van der Waals surface area contributed by atoms with Gasteiger partial charge in [0.2, 0.25) is 0 Å². The molecule has 0 saturated heterocycles. The minimum atomic E-state index is -4.99. The molecule has 0 aromatic heterocycles. The zero-order valence-corrected chi connectivity index (χ0v) is 17.8. The Morgan fingerprint density at radius 3 is 2.50 bits per heavy atom. The van der Waals surface area contributed by atoms with Crippen molar-refractivity contribution in [2.24, 2.45) is 5.16 Å². The number of halogens is 5. The first-order valence-corrected chi connectivity index (χ1v) is 10.3. The molecular formula is C24H19F5N2O3. The number of aryl methyl sites for hydroxylation is 1. The molecule has 1 heterocycles. The number of hydrogen-bond donors (Lipinski definition) is 2. The van der Waals surface area contributed by atoms with Gasteiger partial charge in [0.15, 0.2) is 11.6 Å². The molecule has 1 unspecified atom stereocenters. The van der Waals surface area contributed by atoms with Crippen LogP contribution in [0.1, 0.15) is 33.5 Å². The Balaban J connectivity index is 1.79. The van der Waals surface area contributed by atoms with Gasteiger partial charge in [0.05, 0.1) is 12.3 Å². The number of aliphatic hydroxyl groups excluding tert-OH is 1. The van der Waals surface area contributed by atoms with Crippen LogP contribution in [0.4, 0.5) is 22.0 Å². The summed E-state index contributed by atoms with van der Waals surface area (Å²) in [5.41, 5.74) is -3.37. The summed E-state index contributed by atoms with van der Waals surface area (Å²) in [6.45, 7) is 0.951. The highest BCUT2D eigenvalue weighted by Gasteiger charge is 2.62. The van der Waals surface area contributed by atoms with Crippen LogP contribution in [-0.2, 0) is 10.4 Å². The number of amides is 1. The number of oxime groups is 1. The molecule has 1 aliphatic heterocycles. The maximum absolute atomic E-state index is 14.3. The number of nitrogens with one attached hydrogen (secondary N) is 1. The molecule has 0 spiro atoms. The molecule has 0 fully saturated rings. The standard InChI is InChI=1S/C24H19F5N2O3/c1-13-10-14(11-19(25)21(13)26)23(24(27,28)29)12-20(31-34-23)17-6-7-18(22(33)30-8-9-32)16-5-3-2-4-15(16)17/h2-7,10-11,32H,8-9,12H2,1H3,(H,30,33). The van der Waals surface area contributed by atoms with E-state index in [1.165, 1.54) is 12.1 Å². The van der Waals surface area contributed by atoms with Gasteiger partial charge in [0.25, 0.3) is 11.5 Å². The molecule has 0 radical (unpaired) electrons. The van der Waals surface area contributed by atoms with Crippen molar-refractivity contribution in [3.63, 3.8) is 0 Å². The van der Waals surface area contributed by atoms with E-state index in [1.54, 1.807) is 24.3 Å². The van der Waals surface area contributed by atoms with Crippen LogP contribution in [0.25, 0.3) is 10.8 Å². The van der Waals surface area contributed by atoms with Crippen molar-refractivity contribution >= 4 is 22.4 Å². The minimum Gasteiger partial charge on any atom is -0.395 e. The van der Waals surface area contributed by atoms with E-state index in [9.17, 15) is 26.7 Å². The number of carbonyl (C=O) groups excluding carboxylic acids is 1. The monoisotopic (exact) mass is 478 g/mol. The van der Waals surface area contributed by atoms with E-state index in [4.69, 9.17) is 9.94 Å². The van der Waals surface area contributed by atoms with Gasteiger partial charge in [-0.1, -0.05) is 35.5 Å². The maximum atomic E-state index is 14.3. The highest BCUT2D eigenvalue weighted by Crippen LogP contribution is 2.49. The van der Waals surface area contributed by atoms with E-state index in [2.05, 4.69) is 10.5 Å². The normalized spacial score (nSPS) is 18.0. The van der Waals surface area contributed by atoms with Gasteiger partial charge in [-0.05, 0) is 41.5 Å². The summed E-state index contributed by atoms with van der Waals surface area (Å²) in [6.07, 6.45) is -5.77. The molecule has 3 aromatic rings. The first-order chi connectivity index (χ1) is 16.1. The molecule has 10 heteroatoms. The lowest BCUT2D eigenvalue weighted by Gasteiger charge is -2.29. The Hall–Kier alpha value is -3.53. The van der Waals surface area contributed by atoms with Crippen LogP contribution in [-0.4, -0.2) is 36.1 Å². The van der Waals surface area contributed by atoms with Gasteiger partial charge in [0.1, 0.15) is 0 Å². The van der Waals surface area contributed by atoms with E-state index < -0.39 is 41.3 Å². The van der Waals surface area contributed by atoms with E-state index >= 15 is 0 Å². The first-order valence-electron chi connectivity index (χ1n) is 10.3. The molecule has 3 aromatic carbocycles. The Morgan fingerprint density at radius 2 is 1.85 bits per heavy atom. The number of hydrogen-bond acceptors (Lipinski definition) is 4. The first kappa shape index (κ1) is 23.6. The second-order valence-electron chi connectivity index (χ2n) is 7.91. The Bertz CT molecular complexity index is 1280. The molecule has 1 atom stereocenters. The van der Waals surface area contributed by atoms with E-state index in [0.29, 0.717) is 22.4 Å². The SMILES string of the molecule is Cc1cc(C2(C(F)(F)F)CC(c3ccc(C(=O)NCCO)c4ccccc34)=NO2)cc(F)c1F. The molecule has 178 valence electrons. The van der Waals surface area contributed by atoms with Crippen molar-refractivity contribution in [2.45, 2.75) is 25.1 Å². The summed E-state index contributed by atoms with van der Waals surface area (Å²) in [7, 11) is 0. The smallest absolute Gasteiger partial charge is 0.395 e. The number of nitrogens with zero attached hydrogens (tertiary/aromatic N) is 1. The van der Waals surface area contributed by atoms with E-state index in [-0.39, 0.29) is 30.0 Å². The molecular weight excluding hydrogens is 459 g/mol. The van der Waals surface area contributed by atoms with Crippen LogP contribution in [0.15, 0.2) is 53.7 Å². The zero-order valence-electron chi connectivity index (χ0n) is 17.8. The van der Waals surface area contributed by atoms with Gasteiger partial charge in [0, 0.05) is 29.7 Å². The third kappa shape index (κ3) is 3.87. The molecule has 0 bridgehead atoms. The highest BCUT2D eigenvalue weighted by atomic mass is 19.4. The van der Waals surface area contributed by atoms with Gasteiger partial charge < -0.3 is 15.3 Å². The number of benzene rings is 3. The number of rotatable bonds is 5. The van der Waals surface area contributed by atoms with Crippen LogP contribution in [0.3, 0.4) is 0 Å². The molecule has 5 nitrogen and oxygen atoms in total. The van der Waals surface area contributed by atoms with Crippen LogP contribution < -0.4 is 5.32 Å².